The molecule has 1 fully saturated rings. The summed E-state index contributed by atoms with van der Waals surface area (Å²) in [5, 5.41) is 0.457. The van der Waals surface area contributed by atoms with Crippen molar-refractivity contribution in [3.05, 3.63) is 106 Å². The molecule has 4 aliphatic rings. The standard InChI is InChI=1S/C32H28ClN3O6/c1-16(2)28(32(41)42-15-23(37)34-35-29(38)17-11-13-18(33)14-12-17)36-30(39)26-24-19-7-3-4-8-20(19)25(27(26)31(36)40)22-10-6-5-9-21(22)24/h3-14,16,24-28H,15H2,1-2H3,(H,34,37)(H,35,38)/t24?,25?,26-,27-,28-/m1/s1. The van der Waals surface area contributed by atoms with Gasteiger partial charge in [-0.15, -0.1) is 0 Å². The van der Waals surface area contributed by atoms with E-state index in [1.165, 1.54) is 24.3 Å². The Labute approximate surface area is 247 Å². The molecule has 0 aromatic heterocycles. The maximum absolute atomic E-state index is 14.0. The number of rotatable bonds is 6. The third kappa shape index (κ3) is 4.44. The molecule has 1 aliphatic heterocycles. The molecule has 3 aromatic rings. The van der Waals surface area contributed by atoms with E-state index in [9.17, 15) is 24.0 Å². The van der Waals surface area contributed by atoms with E-state index in [4.69, 9.17) is 16.3 Å². The molecule has 2 bridgehead atoms. The number of nitrogens with zero attached hydrogens (tertiary/aromatic N) is 1. The second-order valence-electron chi connectivity index (χ2n) is 11.1. The van der Waals surface area contributed by atoms with E-state index < -0.39 is 60.0 Å². The number of esters is 1. The van der Waals surface area contributed by atoms with E-state index in [1.807, 2.05) is 48.5 Å². The molecule has 2 N–H and O–H groups in total. The number of hydrogen-bond acceptors (Lipinski definition) is 6. The van der Waals surface area contributed by atoms with Crippen molar-refractivity contribution in [1.29, 1.82) is 0 Å². The first-order chi connectivity index (χ1) is 20.2. The fraction of sp³-hybridized carbons (Fsp3) is 0.281. The van der Waals surface area contributed by atoms with Gasteiger partial charge in [0, 0.05) is 22.4 Å². The highest BCUT2D eigenvalue weighted by atomic mass is 35.5. The van der Waals surface area contributed by atoms with Gasteiger partial charge in [0.05, 0.1) is 11.8 Å². The SMILES string of the molecule is CC(C)[C@H](C(=O)OCC(=O)NNC(=O)c1ccc(Cl)cc1)N1C(=O)[C@@H]2C3c4ccccc4C(c4ccccc43)[C@H]2C1=O. The molecular formula is C32H28ClN3O6. The van der Waals surface area contributed by atoms with Crippen LogP contribution in [0.25, 0.3) is 0 Å². The van der Waals surface area contributed by atoms with Crippen molar-refractivity contribution < 1.29 is 28.7 Å². The van der Waals surface area contributed by atoms with Crippen molar-refractivity contribution in [2.24, 2.45) is 17.8 Å². The smallest absolute Gasteiger partial charge is 0.330 e. The van der Waals surface area contributed by atoms with E-state index >= 15 is 0 Å². The Morgan fingerprint density at radius 2 is 1.26 bits per heavy atom. The van der Waals surface area contributed by atoms with Gasteiger partial charge in [-0.3, -0.25) is 34.9 Å². The number of imide groups is 1. The number of hydrazine groups is 1. The molecule has 214 valence electrons. The first-order valence-electron chi connectivity index (χ1n) is 13.7. The average molecular weight is 586 g/mol. The molecule has 7 rings (SSSR count). The molecule has 1 saturated heterocycles. The highest BCUT2D eigenvalue weighted by Crippen LogP contribution is 2.61. The number of amides is 4. The number of ether oxygens (including phenoxy) is 1. The lowest BCUT2D eigenvalue weighted by Crippen LogP contribution is -2.50. The van der Waals surface area contributed by atoms with Crippen molar-refractivity contribution in [3.8, 4) is 0 Å². The van der Waals surface area contributed by atoms with Crippen LogP contribution < -0.4 is 10.9 Å². The van der Waals surface area contributed by atoms with Crippen LogP contribution in [0.5, 0.6) is 0 Å². The quantitative estimate of drug-likeness (QED) is 0.259. The molecule has 9 nitrogen and oxygen atoms in total. The second-order valence-corrected chi connectivity index (χ2v) is 11.6. The lowest BCUT2D eigenvalue weighted by Gasteiger charge is -2.45. The average Bonchev–Trinajstić information content (AvgIpc) is 3.25. The fourth-order valence-electron chi connectivity index (χ4n) is 6.71. The van der Waals surface area contributed by atoms with Gasteiger partial charge in [-0.05, 0) is 52.4 Å². The Balaban J connectivity index is 1.18. The minimum atomic E-state index is -1.21. The molecule has 3 aromatic carbocycles. The molecule has 4 amide bonds. The number of carbonyl (C=O) groups is 5. The van der Waals surface area contributed by atoms with Crippen molar-refractivity contribution in [2.45, 2.75) is 31.7 Å². The Kier molecular flexibility index (Phi) is 7.06. The summed E-state index contributed by atoms with van der Waals surface area (Å²) in [6.45, 7) is 2.73. The molecule has 10 heteroatoms. The van der Waals surface area contributed by atoms with Gasteiger partial charge < -0.3 is 4.74 Å². The van der Waals surface area contributed by atoms with Crippen molar-refractivity contribution in [1.82, 2.24) is 15.8 Å². The van der Waals surface area contributed by atoms with E-state index in [0.717, 1.165) is 27.2 Å². The first kappa shape index (κ1) is 27.7. The number of benzene rings is 3. The predicted octanol–water partition coefficient (Wildman–Crippen LogP) is 3.56. The maximum Gasteiger partial charge on any atom is 0.330 e. The normalized spacial score (nSPS) is 22.2. The highest BCUT2D eigenvalue weighted by Gasteiger charge is 2.63. The number of carbonyl (C=O) groups excluding carboxylic acids is 5. The Hall–Kier alpha value is -4.50. The van der Waals surface area contributed by atoms with Gasteiger partial charge in [0.15, 0.2) is 6.61 Å². The molecule has 0 saturated carbocycles. The van der Waals surface area contributed by atoms with E-state index in [2.05, 4.69) is 10.9 Å². The predicted molar refractivity (Wildman–Crippen MR) is 152 cm³/mol. The van der Waals surface area contributed by atoms with Crippen LogP contribution in [0.3, 0.4) is 0 Å². The Morgan fingerprint density at radius 3 is 1.71 bits per heavy atom. The molecule has 1 heterocycles. The highest BCUT2D eigenvalue weighted by molar-refractivity contribution is 6.30. The first-order valence-corrected chi connectivity index (χ1v) is 14.1. The fourth-order valence-corrected chi connectivity index (χ4v) is 6.83. The van der Waals surface area contributed by atoms with Crippen LogP contribution >= 0.6 is 11.6 Å². The summed E-state index contributed by atoms with van der Waals surface area (Å²) in [6.07, 6.45) is 0. The summed E-state index contributed by atoms with van der Waals surface area (Å²) >= 11 is 5.83. The van der Waals surface area contributed by atoms with Crippen LogP contribution in [0.4, 0.5) is 0 Å². The Bertz CT molecular complexity index is 1500. The summed E-state index contributed by atoms with van der Waals surface area (Å²) in [4.78, 5) is 67.1. The lowest BCUT2D eigenvalue weighted by atomic mass is 9.55. The molecule has 0 spiro atoms. The molecule has 0 radical (unpaired) electrons. The largest absolute Gasteiger partial charge is 0.454 e. The minimum absolute atomic E-state index is 0.266. The van der Waals surface area contributed by atoms with Gasteiger partial charge in [-0.2, -0.15) is 0 Å². The number of nitrogens with one attached hydrogen (secondary N) is 2. The zero-order valence-corrected chi connectivity index (χ0v) is 23.6. The van der Waals surface area contributed by atoms with Gasteiger partial charge in [0.1, 0.15) is 6.04 Å². The second kappa shape index (κ2) is 10.7. The monoisotopic (exact) mass is 585 g/mol. The number of likely N-dealkylation sites (tertiary alicyclic amines) is 1. The van der Waals surface area contributed by atoms with Crippen LogP contribution in [0, 0.1) is 17.8 Å². The molecule has 0 unspecified atom stereocenters. The van der Waals surface area contributed by atoms with Crippen LogP contribution in [-0.4, -0.2) is 47.1 Å². The van der Waals surface area contributed by atoms with Gasteiger partial charge >= 0.3 is 5.97 Å². The van der Waals surface area contributed by atoms with Crippen LogP contribution in [0.2, 0.25) is 5.02 Å². The molecule has 3 aliphatic carbocycles. The Morgan fingerprint density at radius 1 is 0.786 bits per heavy atom. The molecule has 3 atom stereocenters. The van der Waals surface area contributed by atoms with E-state index in [0.29, 0.717) is 5.02 Å². The third-order valence-corrected chi connectivity index (χ3v) is 8.65. The van der Waals surface area contributed by atoms with E-state index in [-0.39, 0.29) is 17.4 Å². The number of hydrogen-bond donors (Lipinski definition) is 2. The van der Waals surface area contributed by atoms with Gasteiger partial charge in [-0.25, -0.2) is 4.79 Å². The lowest BCUT2D eigenvalue weighted by molar-refractivity contribution is -0.162. The summed E-state index contributed by atoms with van der Waals surface area (Å²) in [7, 11) is 0. The van der Waals surface area contributed by atoms with Crippen molar-refractivity contribution in [3.63, 3.8) is 0 Å². The molecule has 42 heavy (non-hydrogen) atoms. The summed E-state index contributed by atoms with van der Waals surface area (Å²) in [5.41, 5.74) is 8.83. The van der Waals surface area contributed by atoms with Crippen molar-refractivity contribution >= 4 is 41.2 Å². The van der Waals surface area contributed by atoms with Crippen molar-refractivity contribution in [2.75, 3.05) is 6.61 Å². The van der Waals surface area contributed by atoms with Gasteiger partial charge in [0.2, 0.25) is 11.8 Å². The third-order valence-electron chi connectivity index (χ3n) is 8.40. The van der Waals surface area contributed by atoms with Gasteiger partial charge in [-0.1, -0.05) is 74.0 Å². The van der Waals surface area contributed by atoms with Crippen LogP contribution in [-0.2, 0) is 23.9 Å². The summed E-state index contributed by atoms with van der Waals surface area (Å²) < 4.78 is 5.27. The molecular weight excluding hydrogens is 558 g/mol. The number of halogens is 1. The zero-order chi connectivity index (χ0) is 29.7. The minimum Gasteiger partial charge on any atom is -0.454 e. The zero-order valence-electron chi connectivity index (χ0n) is 22.9. The maximum atomic E-state index is 14.0. The topological polar surface area (TPSA) is 122 Å². The summed E-state index contributed by atoms with van der Waals surface area (Å²) in [5.74, 6) is -5.38. The summed E-state index contributed by atoms with van der Waals surface area (Å²) in [6, 6.07) is 20.6. The van der Waals surface area contributed by atoms with E-state index in [1.54, 1.807) is 13.8 Å². The van der Waals surface area contributed by atoms with Gasteiger partial charge in [0.25, 0.3) is 11.8 Å². The van der Waals surface area contributed by atoms with Crippen LogP contribution in [0.1, 0.15) is 58.3 Å². The van der Waals surface area contributed by atoms with Crippen LogP contribution in [0.15, 0.2) is 72.8 Å².